The second kappa shape index (κ2) is 9.27. The van der Waals surface area contributed by atoms with E-state index in [2.05, 4.69) is 15.9 Å². The molecule has 2 aromatic heterocycles. The normalized spacial score (nSPS) is 26.6. The number of esters is 1. The number of rotatable bonds is 7. The molecule has 4 nitrogen and oxygen atoms in total. The van der Waals surface area contributed by atoms with Gasteiger partial charge in [0.1, 0.15) is 6.54 Å². The number of hydrogen-bond donors (Lipinski definition) is 1. The van der Waals surface area contributed by atoms with E-state index >= 15 is 0 Å². The first kappa shape index (κ1) is 22.4. The summed E-state index contributed by atoms with van der Waals surface area (Å²) in [6.07, 6.45) is 3.26. The van der Waals surface area contributed by atoms with Crippen molar-refractivity contribution in [2.24, 2.45) is 5.92 Å². The molecule has 2 aromatic rings. The number of halogens is 2. The number of hydrogen-bond acceptors (Lipinski definition) is 5. The molecule has 28 heavy (non-hydrogen) atoms. The summed E-state index contributed by atoms with van der Waals surface area (Å²) in [4.78, 5) is 14.5. The number of carbonyl (C=O) groups excluding carboxylic acids is 1. The van der Waals surface area contributed by atoms with E-state index < -0.39 is 11.6 Å². The molecule has 0 spiro atoms. The number of alkyl halides is 1. The van der Waals surface area contributed by atoms with Crippen LogP contribution < -0.4 is 17.0 Å². The van der Waals surface area contributed by atoms with Crippen molar-refractivity contribution in [3.05, 3.63) is 44.8 Å². The zero-order valence-corrected chi connectivity index (χ0v) is 20.4. The van der Waals surface area contributed by atoms with Crippen LogP contribution in [0.4, 0.5) is 0 Å². The maximum Gasteiger partial charge on any atom is 0.349 e. The highest BCUT2D eigenvalue weighted by Crippen LogP contribution is 2.40. The largest absolute Gasteiger partial charge is 1.00 e. The number of carbonyl (C=O) groups is 1. The van der Waals surface area contributed by atoms with Gasteiger partial charge >= 0.3 is 5.97 Å². The average Bonchev–Trinajstić information content (AvgIpc) is 3.41. The Hall–Kier alpha value is -0.250. The van der Waals surface area contributed by atoms with Crippen LogP contribution in [0.1, 0.15) is 29.0 Å². The highest BCUT2D eigenvalue weighted by molar-refractivity contribution is 9.09. The number of fused-ring (bicyclic) bond motifs is 3. The molecule has 0 aromatic carbocycles. The number of aliphatic hydroxyl groups is 1. The summed E-state index contributed by atoms with van der Waals surface area (Å²) in [7, 11) is 0. The lowest BCUT2D eigenvalue weighted by Gasteiger charge is -2.52. The molecule has 3 saturated heterocycles. The molecule has 1 atom stereocenters. The van der Waals surface area contributed by atoms with Crippen LogP contribution >= 0.6 is 38.6 Å². The SMILES string of the molecule is O=C(O[C@H]1C[N+]2(CCCBr)CCC1CC2)C(O)(c1cccs1)c1cccs1.[Br-]. The van der Waals surface area contributed by atoms with Crippen LogP contribution in [0.25, 0.3) is 0 Å². The number of ether oxygens (including phenoxy) is 1. The smallest absolute Gasteiger partial charge is 0.349 e. The van der Waals surface area contributed by atoms with Crippen LogP contribution in [0, 0.1) is 5.92 Å². The van der Waals surface area contributed by atoms with Gasteiger partial charge in [-0.3, -0.25) is 0 Å². The van der Waals surface area contributed by atoms with Crippen molar-refractivity contribution < 1.29 is 36.1 Å². The Morgan fingerprint density at radius 2 is 1.82 bits per heavy atom. The first-order valence-electron chi connectivity index (χ1n) is 9.50. The fourth-order valence-corrected chi connectivity index (χ4v) is 6.54. The van der Waals surface area contributed by atoms with Gasteiger partial charge in [0, 0.05) is 30.5 Å². The highest BCUT2D eigenvalue weighted by atomic mass is 79.9. The molecule has 3 aliphatic heterocycles. The standard InChI is InChI=1S/C20H25BrNO3S2.BrH/c21-8-3-9-22-10-6-15(7-11-22)16(14-22)25-19(23)20(24,17-4-1-12-26-17)18-5-2-13-27-18;/h1-2,4-5,12-13,15-16,24H,3,6-11,14H2;1H/q+1;/p-1/t15?,16-,22?;/m0./s1. The van der Waals surface area contributed by atoms with E-state index in [1.165, 1.54) is 35.8 Å². The van der Waals surface area contributed by atoms with Gasteiger partial charge < -0.3 is 31.3 Å². The molecule has 5 heterocycles. The number of thiophene rings is 2. The Labute approximate surface area is 193 Å². The van der Waals surface area contributed by atoms with Gasteiger partial charge in [0.25, 0.3) is 0 Å². The van der Waals surface area contributed by atoms with E-state index in [1.807, 2.05) is 35.0 Å². The maximum absolute atomic E-state index is 13.3. The summed E-state index contributed by atoms with van der Waals surface area (Å²) in [6.45, 7) is 4.39. The first-order chi connectivity index (χ1) is 13.1. The molecule has 0 amide bonds. The third kappa shape index (κ3) is 4.14. The first-order valence-corrected chi connectivity index (χ1v) is 12.4. The second-order valence-electron chi connectivity index (χ2n) is 7.68. The van der Waals surface area contributed by atoms with E-state index in [0.29, 0.717) is 15.7 Å². The quantitative estimate of drug-likeness (QED) is 0.318. The van der Waals surface area contributed by atoms with Gasteiger partial charge in [0.15, 0.2) is 6.10 Å². The number of quaternary nitrogens is 1. The Kier molecular flexibility index (Phi) is 7.43. The molecule has 0 unspecified atom stereocenters. The lowest BCUT2D eigenvalue weighted by atomic mass is 9.83. The molecular formula is C20H25Br2NO3S2. The Morgan fingerprint density at radius 1 is 1.21 bits per heavy atom. The maximum atomic E-state index is 13.3. The zero-order chi connectivity index (χ0) is 18.9. The fraction of sp³-hybridized carbons (Fsp3) is 0.550. The summed E-state index contributed by atoms with van der Waals surface area (Å²) < 4.78 is 7.09. The van der Waals surface area contributed by atoms with Gasteiger partial charge in [0.05, 0.1) is 29.4 Å². The highest BCUT2D eigenvalue weighted by Gasteiger charge is 2.50. The van der Waals surface area contributed by atoms with Crippen LogP contribution in [0.15, 0.2) is 35.0 Å². The lowest BCUT2D eigenvalue weighted by Crippen LogP contribution is -3.00. The third-order valence-corrected chi connectivity index (χ3v) is 8.63. The molecule has 5 rings (SSSR count). The fourth-order valence-electron chi connectivity index (χ4n) is 4.58. The molecule has 154 valence electrons. The molecule has 2 bridgehead atoms. The minimum absolute atomic E-state index is 0. The topological polar surface area (TPSA) is 46.5 Å². The molecule has 0 saturated carbocycles. The minimum Gasteiger partial charge on any atom is -1.00 e. The van der Waals surface area contributed by atoms with Gasteiger partial charge in [0.2, 0.25) is 5.60 Å². The van der Waals surface area contributed by atoms with Gasteiger partial charge in [-0.2, -0.15) is 0 Å². The summed E-state index contributed by atoms with van der Waals surface area (Å²) in [5.74, 6) is -0.0985. The van der Waals surface area contributed by atoms with Crippen LogP contribution in [-0.2, 0) is 15.1 Å². The molecule has 8 heteroatoms. The van der Waals surface area contributed by atoms with Crippen molar-refractivity contribution in [3.8, 4) is 0 Å². The molecule has 3 fully saturated rings. The van der Waals surface area contributed by atoms with E-state index in [1.54, 1.807) is 0 Å². The van der Waals surface area contributed by atoms with Crippen LogP contribution in [0.2, 0.25) is 0 Å². The van der Waals surface area contributed by atoms with E-state index in [-0.39, 0.29) is 23.1 Å². The van der Waals surface area contributed by atoms with Crippen molar-refractivity contribution in [3.63, 3.8) is 0 Å². The summed E-state index contributed by atoms with van der Waals surface area (Å²) >= 11 is 6.32. The lowest BCUT2D eigenvalue weighted by molar-refractivity contribution is -0.946. The van der Waals surface area contributed by atoms with Gasteiger partial charge in [-0.1, -0.05) is 28.1 Å². The third-order valence-electron chi connectivity index (χ3n) is 6.12. The Morgan fingerprint density at radius 3 is 2.32 bits per heavy atom. The number of piperidine rings is 3. The van der Waals surface area contributed by atoms with E-state index in [9.17, 15) is 9.90 Å². The molecule has 0 aliphatic carbocycles. The van der Waals surface area contributed by atoms with E-state index in [0.717, 1.165) is 42.2 Å². The van der Waals surface area contributed by atoms with Crippen LogP contribution in [0.5, 0.6) is 0 Å². The van der Waals surface area contributed by atoms with Crippen molar-refractivity contribution in [2.75, 3.05) is 31.5 Å². The molecule has 3 aliphatic rings. The van der Waals surface area contributed by atoms with E-state index in [4.69, 9.17) is 4.74 Å². The Balaban J connectivity index is 0.00000225. The summed E-state index contributed by atoms with van der Waals surface area (Å²) in [6, 6.07) is 7.35. The van der Waals surface area contributed by atoms with Crippen LogP contribution in [-0.4, -0.2) is 53.2 Å². The van der Waals surface area contributed by atoms with Crippen molar-refractivity contribution in [2.45, 2.75) is 31.0 Å². The number of nitrogens with zero attached hydrogens (tertiary/aromatic N) is 1. The average molecular weight is 551 g/mol. The Bertz CT molecular complexity index is 724. The molecule has 1 N–H and O–H groups in total. The molecule has 0 radical (unpaired) electrons. The van der Waals surface area contributed by atoms with Gasteiger partial charge in [-0.25, -0.2) is 4.79 Å². The minimum atomic E-state index is -1.70. The zero-order valence-electron chi connectivity index (χ0n) is 15.6. The molecular weight excluding hydrogens is 526 g/mol. The van der Waals surface area contributed by atoms with Crippen molar-refractivity contribution in [1.29, 1.82) is 0 Å². The summed E-state index contributed by atoms with van der Waals surface area (Å²) in [5.41, 5.74) is -1.70. The van der Waals surface area contributed by atoms with Gasteiger partial charge in [-0.15, -0.1) is 22.7 Å². The summed E-state index contributed by atoms with van der Waals surface area (Å²) in [5, 5.41) is 16.2. The van der Waals surface area contributed by atoms with Crippen LogP contribution in [0.3, 0.4) is 0 Å². The van der Waals surface area contributed by atoms with Crippen molar-refractivity contribution >= 4 is 44.6 Å². The monoisotopic (exact) mass is 549 g/mol. The predicted molar refractivity (Wildman–Crippen MR) is 112 cm³/mol. The predicted octanol–water partition coefficient (Wildman–Crippen LogP) is 0.987. The van der Waals surface area contributed by atoms with Crippen molar-refractivity contribution in [1.82, 2.24) is 0 Å². The second-order valence-corrected chi connectivity index (χ2v) is 10.4. The van der Waals surface area contributed by atoms with Gasteiger partial charge in [-0.05, 0) is 22.9 Å².